The first-order chi connectivity index (χ1) is 20.6. The standard InChI is InChI=1S/C34H39N7O2/c1-21(2)32-38-37-30-18-15-24(20-40(30)32)43-28-17-16-27(25-9-7-8-10-26(25)28)35-33(42)36-31-19-29(34(4,5)6)39-41(31)23-13-11-22(3)12-14-23/h7-15,18-21,27-28H,16-17H2,1-6H3,(H2,35,36,42)/t27-,28+/m0/s1. The molecule has 9 heteroatoms. The smallest absolute Gasteiger partial charge is 0.320 e. The monoisotopic (exact) mass is 577 g/mol. The lowest BCUT2D eigenvalue weighted by Crippen LogP contribution is -2.36. The van der Waals surface area contributed by atoms with Crippen molar-refractivity contribution in [1.29, 1.82) is 0 Å². The number of urea groups is 1. The lowest BCUT2D eigenvalue weighted by Gasteiger charge is -2.32. The summed E-state index contributed by atoms with van der Waals surface area (Å²) >= 11 is 0. The number of anilines is 1. The zero-order valence-corrected chi connectivity index (χ0v) is 25.6. The van der Waals surface area contributed by atoms with Gasteiger partial charge in [-0.25, -0.2) is 9.48 Å². The summed E-state index contributed by atoms with van der Waals surface area (Å²) in [6.45, 7) is 12.6. The minimum Gasteiger partial charge on any atom is -0.484 e. The second kappa shape index (κ2) is 11.2. The number of carbonyl (C=O) groups excluding carboxylic acids is 1. The van der Waals surface area contributed by atoms with E-state index >= 15 is 0 Å². The van der Waals surface area contributed by atoms with Crippen molar-refractivity contribution in [1.82, 2.24) is 29.7 Å². The summed E-state index contributed by atoms with van der Waals surface area (Å²) in [6, 6.07) is 21.7. The van der Waals surface area contributed by atoms with Gasteiger partial charge in [0.05, 0.1) is 23.6 Å². The predicted octanol–water partition coefficient (Wildman–Crippen LogP) is 7.42. The SMILES string of the molecule is Cc1ccc(-n2nc(C(C)(C)C)cc2NC(=O)N[C@H]2CC[C@@H](Oc3ccc4nnc(C(C)C)n4c3)c3ccccc32)cc1. The van der Waals surface area contributed by atoms with Crippen LogP contribution in [-0.2, 0) is 5.41 Å². The van der Waals surface area contributed by atoms with Crippen LogP contribution in [0.25, 0.3) is 11.3 Å². The van der Waals surface area contributed by atoms with Crippen molar-refractivity contribution in [3.05, 3.63) is 101 Å². The number of aryl methyl sites for hydroxylation is 1. The Labute approximate surface area is 252 Å². The van der Waals surface area contributed by atoms with Gasteiger partial charge in [0, 0.05) is 17.4 Å². The maximum absolute atomic E-state index is 13.4. The number of nitrogens with one attached hydrogen (secondary N) is 2. The molecule has 0 fully saturated rings. The average Bonchev–Trinajstić information content (AvgIpc) is 3.59. The Morgan fingerprint density at radius 1 is 0.977 bits per heavy atom. The second-order valence-electron chi connectivity index (χ2n) is 12.7. The molecule has 0 unspecified atom stereocenters. The first-order valence-electron chi connectivity index (χ1n) is 14.9. The van der Waals surface area contributed by atoms with Crippen LogP contribution in [0.5, 0.6) is 5.75 Å². The molecule has 3 aromatic heterocycles. The van der Waals surface area contributed by atoms with Crippen molar-refractivity contribution < 1.29 is 9.53 Å². The van der Waals surface area contributed by atoms with Gasteiger partial charge in [-0.3, -0.25) is 9.72 Å². The molecule has 0 spiro atoms. The van der Waals surface area contributed by atoms with Gasteiger partial charge >= 0.3 is 6.03 Å². The first-order valence-corrected chi connectivity index (χ1v) is 14.9. The van der Waals surface area contributed by atoms with Crippen LogP contribution < -0.4 is 15.4 Å². The van der Waals surface area contributed by atoms with Crippen LogP contribution in [0.4, 0.5) is 10.6 Å². The van der Waals surface area contributed by atoms with E-state index in [0.29, 0.717) is 5.82 Å². The van der Waals surface area contributed by atoms with E-state index in [1.54, 1.807) is 4.68 Å². The molecule has 1 aliphatic rings. The second-order valence-corrected chi connectivity index (χ2v) is 12.7. The van der Waals surface area contributed by atoms with E-state index in [2.05, 4.69) is 74.5 Å². The molecule has 0 saturated carbocycles. The maximum Gasteiger partial charge on any atom is 0.320 e. The zero-order valence-electron chi connectivity index (χ0n) is 25.6. The van der Waals surface area contributed by atoms with Crippen LogP contribution in [0, 0.1) is 6.92 Å². The Balaban J connectivity index is 1.21. The number of ether oxygens (including phenoxy) is 1. The molecule has 2 N–H and O–H groups in total. The maximum atomic E-state index is 13.4. The number of carbonyl (C=O) groups is 1. The number of rotatable bonds is 6. The minimum absolute atomic E-state index is 0.133. The molecule has 1 aliphatic carbocycles. The van der Waals surface area contributed by atoms with Crippen LogP contribution in [0.3, 0.4) is 0 Å². The number of benzene rings is 2. The van der Waals surface area contributed by atoms with E-state index in [1.165, 1.54) is 0 Å². The fourth-order valence-electron chi connectivity index (χ4n) is 5.57. The van der Waals surface area contributed by atoms with Crippen LogP contribution in [0.15, 0.2) is 72.9 Å². The van der Waals surface area contributed by atoms with Gasteiger partial charge in [-0.1, -0.05) is 76.6 Å². The van der Waals surface area contributed by atoms with Gasteiger partial charge in [-0.2, -0.15) is 5.10 Å². The molecule has 2 atom stereocenters. The number of fused-ring (bicyclic) bond motifs is 2. The zero-order chi connectivity index (χ0) is 30.3. The summed E-state index contributed by atoms with van der Waals surface area (Å²) < 4.78 is 10.3. The molecule has 2 amide bonds. The topological polar surface area (TPSA) is 98.4 Å². The number of aromatic nitrogens is 5. The number of amides is 2. The lowest BCUT2D eigenvalue weighted by molar-refractivity contribution is 0.171. The Bertz CT molecular complexity index is 1760. The van der Waals surface area contributed by atoms with Crippen LogP contribution >= 0.6 is 0 Å². The van der Waals surface area contributed by atoms with Gasteiger partial charge in [0.25, 0.3) is 0 Å². The summed E-state index contributed by atoms with van der Waals surface area (Å²) in [4.78, 5) is 13.4. The van der Waals surface area contributed by atoms with Gasteiger partial charge in [-0.05, 0) is 55.2 Å². The van der Waals surface area contributed by atoms with E-state index in [1.807, 2.05) is 65.2 Å². The number of pyridine rings is 1. The largest absolute Gasteiger partial charge is 0.484 e. The van der Waals surface area contributed by atoms with Gasteiger partial charge in [0.1, 0.15) is 23.5 Å². The van der Waals surface area contributed by atoms with E-state index in [4.69, 9.17) is 9.84 Å². The average molecular weight is 578 g/mol. The Kier molecular flexibility index (Phi) is 7.42. The molecule has 0 aliphatic heterocycles. The minimum atomic E-state index is -0.271. The van der Waals surface area contributed by atoms with Crippen molar-refractivity contribution >= 4 is 17.5 Å². The molecule has 43 heavy (non-hydrogen) atoms. The molecule has 5 aromatic rings. The third kappa shape index (κ3) is 5.84. The highest BCUT2D eigenvalue weighted by molar-refractivity contribution is 5.89. The van der Waals surface area contributed by atoms with E-state index < -0.39 is 0 Å². The van der Waals surface area contributed by atoms with Crippen molar-refractivity contribution in [2.75, 3.05) is 5.32 Å². The number of nitrogens with zero attached hydrogens (tertiary/aromatic N) is 5. The van der Waals surface area contributed by atoms with Crippen LogP contribution in [0.1, 0.15) is 93.7 Å². The molecule has 3 heterocycles. The Hall–Kier alpha value is -4.66. The normalized spacial score (nSPS) is 16.7. The summed E-state index contributed by atoms with van der Waals surface area (Å²) in [5.41, 5.74) is 5.72. The molecular formula is C34H39N7O2. The quantitative estimate of drug-likeness (QED) is 0.219. The Morgan fingerprint density at radius 3 is 2.44 bits per heavy atom. The van der Waals surface area contributed by atoms with Gasteiger partial charge in [-0.15, -0.1) is 10.2 Å². The molecule has 222 valence electrons. The predicted molar refractivity (Wildman–Crippen MR) is 168 cm³/mol. The first kappa shape index (κ1) is 28.5. The Morgan fingerprint density at radius 2 is 1.72 bits per heavy atom. The molecule has 9 nitrogen and oxygen atoms in total. The van der Waals surface area contributed by atoms with Crippen molar-refractivity contribution in [3.8, 4) is 11.4 Å². The van der Waals surface area contributed by atoms with E-state index in [0.717, 1.165) is 58.1 Å². The lowest BCUT2D eigenvalue weighted by atomic mass is 9.85. The van der Waals surface area contributed by atoms with E-state index in [9.17, 15) is 4.79 Å². The number of hydrogen-bond donors (Lipinski definition) is 2. The molecule has 6 rings (SSSR count). The number of hydrogen-bond acceptors (Lipinski definition) is 5. The van der Waals surface area contributed by atoms with Gasteiger partial charge in [0.2, 0.25) is 0 Å². The van der Waals surface area contributed by atoms with Crippen molar-refractivity contribution in [3.63, 3.8) is 0 Å². The molecular weight excluding hydrogens is 538 g/mol. The highest BCUT2D eigenvalue weighted by atomic mass is 16.5. The molecule has 0 bridgehead atoms. The van der Waals surface area contributed by atoms with E-state index in [-0.39, 0.29) is 29.5 Å². The van der Waals surface area contributed by atoms with Crippen molar-refractivity contribution in [2.45, 2.75) is 77.9 Å². The summed E-state index contributed by atoms with van der Waals surface area (Å²) in [5.74, 6) is 2.53. The fourth-order valence-corrected chi connectivity index (χ4v) is 5.57. The summed E-state index contributed by atoms with van der Waals surface area (Å²) in [6.07, 6.45) is 3.33. The highest BCUT2D eigenvalue weighted by Gasteiger charge is 2.30. The summed E-state index contributed by atoms with van der Waals surface area (Å²) in [5, 5.41) is 19.7. The highest BCUT2D eigenvalue weighted by Crippen LogP contribution is 2.39. The van der Waals surface area contributed by atoms with Crippen molar-refractivity contribution in [2.24, 2.45) is 0 Å². The summed E-state index contributed by atoms with van der Waals surface area (Å²) in [7, 11) is 0. The molecule has 2 aromatic carbocycles. The van der Waals surface area contributed by atoms with Gasteiger partial charge in [0.15, 0.2) is 5.65 Å². The molecule has 0 saturated heterocycles. The van der Waals surface area contributed by atoms with Crippen LogP contribution in [-0.4, -0.2) is 30.4 Å². The third-order valence-electron chi connectivity index (χ3n) is 7.94. The van der Waals surface area contributed by atoms with Gasteiger partial charge < -0.3 is 10.1 Å². The third-order valence-corrected chi connectivity index (χ3v) is 7.94. The molecule has 0 radical (unpaired) electrons. The van der Waals surface area contributed by atoms with Crippen LogP contribution in [0.2, 0.25) is 0 Å². The fraction of sp³-hybridized carbons (Fsp3) is 0.353.